The molecule has 5 nitrogen and oxygen atoms in total. The van der Waals surface area contributed by atoms with Crippen LogP contribution < -0.4 is 5.32 Å². The van der Waals surface area contributed by atoms with E-state index in [0.29, 0.717) is 6.04 Å². The molecular weight excluding hydrogens is 310 g/mol. The lowest BCUT2D eigenvalue weighted by atomic mass is 10.0. The molecular formula is C20H23N5. The van der Waals surface area contributed by atoms with Gasteiger partial charge in [0.1, 0.15) is 0 Å². The molecule has 5 heteroatoms. The second-order valence-electron chi connectivity index (χ2n) is 6.49. The summed E-state index contributed by atoms with van der Waals surface area (Å²) in [5, 5.41) is 8.22. The van der Waals surface area contributed by atoms with E-state index >= 15 is 0 Å². The average molecular weight is 333 g/mol. The Morgan fingerprint density at radius 3 is 2.72 bits per heavy atom. The van der Waals surface area contributed by atoms with E-state index in [2.05, 4.69) is 52.6 Å². The van der Waals surface area contributed by atoms with E-state index < -0.39 is 0 Å². The highest BCUT2D eigenvalue weighted by atomic mass is 15.3. The topological polar surface area (TPSA) is 46.0 Å². The number of benzene rings is 1. The zero-order valence-electron chi connectivity index (χ0n) is 14.5. The van der Waals surface area contributed by atoms with Gasteiger partial charge in [-0.1, -0.05) is 18.2 Å². The van der Waals surface area contributed by atoms with E-state index in [4.69, 9.17) is 5.10 Å². The normalized spacial score (nSPS) is 18.4. The third-order valence-electron chi connectivity index (χ3n) is 4.84. The lowest BCUT2D eigenvalue weighted by Gasteiger charge is -2.36. The van der Waals surface area contributed by atoms with Crippen LogP contribution in [-0.2, 0) is 6.54 Å². The number of pyridine rings is 1. The van der Waals surface area contributed by atoms with E-state index in [1.54, 1.807) is 0 Å². The van der Waals surface area contributed by atoms with Crippen LogP contribution in [0.4, 0.5) is 0 Å². The Balaban J connectivity index is 1.57. The molecule has 3 aromatic rings. The molecule has 1 N–H and O–H groups in total. The van der Waals surface area contributed by atoms with E-state index in [9.17, 15) is 0 Å². The monoisotopic (exact) mass is 333 g/mol. The molecule has 0 bridgehead atoms. The van der Waals surface area contributed by atoms with Gasteiger partial charge >= 0.3 is 0 Å². The average Bonchev–Trinajstić information content (AvgIpc) is 3.04. The number of para-hydroxylation sites is 1. The molecule has 0 aliphatic carbocycles. The van der Waals surface area contributed by atoms with Crippen LogP contribution >= 0.6 is 0 Å². The number of aryl methyl sites for hydroxylation is 1. The summed E-state index contributed by atoms with van der Waals surface area (Å²) in [6.45, 7) is 6.03. The molecule has 128 valence electrons. The molecule has 25 heavy (non-hydrogen) atoms. The summed E-state index contributed by atoms with van der Waals surface area (Å²) in [7, 11) is 0. The minimum atomic E-state index is 0.372. The fourth-order valence-corrected chi connectivity index (χ4v) is 3.43. The van der Waals surface area contributed by atoms with Crippen LogP contribution in [0.25, 0.3) is 5.69 Å². The van der Waals surface area contributed by atoms with Gasteiger partial charge in [-0.05, 0) is 36.8 Å². The Morgan fingerprint density at radius 1 is 1.12 bits per heavy atom. The number of piperazine rings is 1. The van der Waals surface area contributed by atoms with Crippen LogP contribution in [0.3, 0.4) is 0 Å². The molecule has 1 unspecified atom stereocenters. The molecule has 4 rings (SSSR count). The lowest BCUT2D eigenvalue weighted by molar-refractivity contribution is 0.153. The van der Waals surface area contributed by atoms with Crippen molar-refractivity contribution in [1.82, 2.24) is 25.0 Å². The predicted octanol–water partition coefficient (Wildman–Crippen LogP) is 2.72. The first-order chi connectivity index (χ1) is 12.3. The number of hydrogen-bond donors (Lipinski definition) is 1. The number of hydrogen-bond acceptors (Lipinski definition) is 4. The predicted molar refractivity (Wildman–Crippen MR) is 98.6 cm³/mol. The first-order valence-electron chi connectivity index (χ1n) is 8.76. The molecule has 0 radical (unpaired) electrons. The maximum atomic E-state index is 4.71. The smallest absolute Gasteiger partial charge is 0.0645 e. The quantitative estimate of drug-likeness (QED) is 0.797. The molecule has 2 aromatic heterocycles. The second-order valence-corrected chi connectivity index (χ2v) is 6.49. The summed E-state index contributed by atoms with van der Waals surface area (Å²) in [5.41, 5.74) is 4.79. The molecule has 0 spiro atoms. The largest absolute Gasteiger partial charge is 0.314 e. The van der Waals surface area contributed by atoms with E-state index in [1.165, 1.54) is 11.1 Å². The summed E-state index contributed by atoms with van der Waals surface area (Å²) in [6, 6.07) is 14.9. The van der Waals surface area contributed by atoms with E-state index in [0.717, 1.165) is 37.6 Å². The third kappa shape index (κ3) is 3.48. The molecule has 1 atom stereocenters. The lowest BCUT2D eigenvalue weighted by Crippen LogP contribution is -2.45. The first kappa shape index (κ1) is 16.0. The third-order valence-corrected chi connectivity index (χ3v) is 4.84. The van der Waals surface area contributed by atoms with Gasteiger partial charge in [-0.3, -0.25) is 9.88 Å². The molecule has 0 amide bonds. The molecule has 1 fully saturated rings. The molecule has 0 saturated carbocycles. The zero-order chi connectivity index (χ0) is 17.1. The van der Waals surface area contributed by atoms with E-state index in [-0.39, 0.29) is 0 Å². The maximum absolute atomic E-state index is 4.71. The molecule has 1 aliphatic heterocycles. The van der Waals surface area contributed by atoms with Gasteiger partial charge in [0.25, 0.3) is 0 Å². The molecule has 1 aromatic carbocycles. The highest BCUT2D eigenvalue weighted by Gasteiger charge is 2.24. The van der Waals surface area contributed by atoms with Crippen LogP contribution in [0.1, 0.15) is 22.9 Å². The van der Waals surface area contributed by atoms with Gasteiger partial charge in [-0.25, -0.2) is 4.68 Å². The summed E-state index contributed by atoms with van der Waals surface area (Å²) in [4.78, 5) is 6.68. The van der Waals surface area contributed by atoms with Crippen molar-refractivity contribution >= 4 is 0 Å². The van der Waals surface area contributed by atoms with Gasteiger partial charge in [0, 0.05) is 56.4 Å². The van der Waals surface area contributed by atoms with Crippen LogP contribution in [0.2, 0.25) is 0 Å². The summed E-state index contributed by atoms with van der Waals surface area (Å²) >= 11 is 0. The number of rotatable bonds is 4. The minimum Gasteiger partial charge on any atom is -0.314 e. The van der Waals surface area contributed by atoms with Crippen LogP contribution in [-0.4, -0.2) is 39.3 Å². The van der Waals surface area contributed by atoms with Crippen LogP contribution in [0.15, 0.2) is 61.1 Å². The Labute approximate surface area is 148 Å². The van der Waals surface area contributed by atoms with Gasteiger partial charge < -0.3 is 5.32 Å². The number of nitrogens with zero attached hydrogens (tertiary/aromatic N) is 4. The Kier molecular flexibility index (Phi) is 4.59. The standard InChI is InChI=1S/C20H23N5/c1-16-18(15-25(23-16)19-5-3-2-4-6-19)14-24-12-11-22-13-20(24)17-7-9-21-10-8-17/h2-10,15,20,22H,11-14H2,1H3. The van der Waals surface area contributed by atoms with Gasteiger partial charge in [-0.15, -0.1) is 0 Å². The molecule has 1 saturated heterocycles. The summed E-state index contributed by atoms with van der Waals surface area (Å²) in [6.07, 6.45) is 5.91. The van der Waals surface area contributed by atoms with Crippen molar-refractivity contribution in [3.8, 4) is 5.69 Å². The van der Waals surface area contributed by atoms with Crippen molar-refractivity contribution in [1.29, 1.82) is 0 Å². The van der Waals surface area contributed by atoms with Crippen LogP contribution in [0.5, 0.6) is 0 Å². The van der Waals surface area contributed by atoms with Gasteiger partial charge in [-0.2, -0.15) is 5.10 Å². The SMILES string of the molecule is Cc1nn(-c2ccccc2)cc1CN1CCNCC1c1ccncc1. The summed E-state index contributed by atoms with van der Waals surface area (Å²) < 4.78 is 1.98. The van der Waals surface area contributed by atoms with E-state index in [1.807, 2.05) is 35.3 Å². The van der Waals surface area contributed by atoms with Crippen molar-refractivity contribution in [3.05, 3.63) is 77.9 Å². The molecule has 3 heterocycles. The van der Waals surface area contributed by atoms with Crippen molar-refractivity contribution in [2.75, 3.05) is 19.6 Å². The fourth-order valence-electron chi connectivity index (χ4n) is 3.43. The van der Waals surface area contributed by atoms with Gasteiger partial charge in [0.05, 0.1) is 11.4 Å². The van der Waals surface area contributed by atoms with Crippen LogP contribution in [0, 0.1) is 6.92 Å². The van der Waals surface area contributed by atoms with Crippen molar-refractivity contribution in [2.24, 2.45) is 0 Å². The highest BCUT2D eigenvalue weighted by molar-refractivity contribution is 5.32. The Morgan fingerprint density at radius 2 is 1.92 bits per heavy atom. The Hall–Kier alpha value is -2.50. The Bertz CT molecular complexity index is 813. The number of aromatic nitrogens is 3. The molecule has 1 aliphatic rings. The summed E-state index contributed by atoms with van der Waals surface area (Å²) in [5.74, 6) is 0. The second kappa shape index (κ2) is 7.17. The first-order valence-corrected chi connectivity index (χ1v) is 8.76. The van der Waals surface area contributed by atoms with Gasteiger partial charge in [0.2, 0.25) is 0 Å². The minimum absolute atomic E-state index is 0.372. The maximum Gasteiger partial charge on any atom is 0.0645 e. The van der Waals surface area contributed by atoms with Crippen molar-refractivity contribution in [3.63, 3.8) is 0 Å². The fraction of sp³-hybridized carbons (Fsp3) is 0.300. The highest BCUT2D eigenvalue weighted by Crippen LogP contribution is 2.24. The van der Waals surface area contributed by atoms with Crippen molar-refractivity contribution < 1.29 is 0 Å². The number of nitrogens with one attached hydrogen (secondary N) is 1. The van der Waals surface area contributed by atoms with Gasteiger partial charge in [0.15, 0.2) is 0 Å². The zero-order valence-corrected chi connectivity index (χ0v) is 14.5. The van der Waals surface area contributed by atoms with Crippen molar-refractivity contribution in [2.45, 2.75) is 19.5 Å².